The Morgan fingerprint density at radius 3 is 2.73 bits per heavy atom. The average Bonchev–Trinajstić information content (AvgIpc) is 2.83. The van der Waals surface area contributed by atoms with Crippen LogP contribution >= 0.6 is 35.3 Å². The highest BCUT2D eigenvalue weighted by molar-refractivity contribution is 8.16. The fourth-order valence-electron chi connectivity index (χ4n) is 0.747. The second kappa shape index (κ2) is 4.30. The first-order chi connectivity index (χ1) is 5.45. The summed E-state index contributed by atoms with van der Waals surface area (Å²) in [6, 6.07) is 0. The summed E-state index contributed by atoms with van der Waals surface area (Å²) < 4.78 is 5.11. The van der Waals surface area contributed by atoms with Crippen molar-refractivity contribution in [3.8, 4) is 0 Å². The molecule has 0 aromatic carbocycles. The smallest absolute Gasteiger partial charge is 0.0900 e. The van der Waals surface area contributed by atoms with Crippen molar-refractivity contribution in [2.24, 2.45) is 0 Å². The van der Waals surface area contributed by atoms with Gasteiger partial charge in [-0.05, 0) is 0 Å². The van der Waals surface area contributed by atoms with E-state index in [0.29, 0.717) is 6.10 Å². The lowest BCUT2D eigenvalue weighted by Crippen LogP contribution is -1.91. The van der Waals surface area contributed by atoms with Crippen molar-refractivity contribution in [1.29, 1.82) is 0 Å². The van der Waals surface area contributed by atoms with Crippen LogP contribution in [0.2, 0.25) is 0 Å². The van der Waals surface area contributed by atoms with Crippen LogP contribution in [0.25, 0.3) is 0 Å². The molecule has 2 aliphatic rings. The largest absolute Gasteiger partial charge is 0.372 e. The number of hydrogen-bond acceptors (Lipinski definition) is 4. The van der Waals surface area contributed by atoms with Gasteiger partial charge in [0.2, 0.25) is 0 Å². The summed E-state index contributed by atoms with van der Waals surface area (Å²) in [5.41, 5.74) is 0. The lowest BCUT2D eigenvalue weighted by Gasteiger charge is -1.97. The molecule has 2 heterocycles. The van der Waals surface area contributed by atoms with Crippen LogP contribution in [0.15, 0.2) is 0 Å². The van der Waals surface area contributed by atoms with E-state index in [1.54, 1.807) is 0 Å². The molecular formula is C7H12OS3. The lowest BCUT2D eigenvalue weighted by molar-refractivity contribution is 0.426. The Bertz CT molecular complexity index is 109. The molecule has 0 aliphatic carbocycles. The first-order valence-electron chi connectivity index (χ1n) is 3.84. The van der Waals surface area contributed by atoms with E-state index in [9.17, 15) is 0 Å². The summed E-state index contributed by atoms with van der Waals surface area (Å²) in [4.78, 5) is 0. The molecule has 0 aromatic heterocycles. The molecule has 0 N–H and O–H groups in total. The predicted octanol–water partition coefficient (Wildman–Crippen LogP) is 1.92. The van der Waals surface area contributed by atoms with E-state index in [-0.39, 0.29) is 0 Å². The van der Waals surface area contributed by atoms with Crippen molar-refractivity contribution in [2.45, 2.75) is 11.4 Å². The third-order valence-corrected chi connectivity index (χ3v) is 5.34. The quantitative estimate of drug-likeness (QED) is 0.375. The molecule has 0 spiro atoms. The van der Waals surface area contributed by atoms with E-state index in [1.807, 2.05) is 11.8 Å². The number of ether oxygens (including phenoxy) is 1. The average molecular weight is 208 g/mol. The number of hydrogen-bond donors (Lipinski definition) is 0. The van der Waals surface area contributed by atoms with Gasteiger partial charge in [-0.1, -0.05) is 0 Å². The van der Waals surface area contributed by atoms with Gasteiger partial charge in [0.25, 0.3) is 0 Å². The van der Waals surface area contributed by atoms with Crippen LogP contribution in [-0.2, 0) is 4.74 Å². The molecule has 2 rings (SSSR count). The van der Waals surface area contributed by atoms with Gasteiger partial charge in [-0.15, -0.1) is 23.5 Å². The number of epoxide rings is 1. The zero-order valence-corrected chi connectivity index (χ0v) is 8.77. The second-order valence-corrected chi connectivity index (χ2v) is 6.53. The lowest BCUT2D eigenvalue weighted by atomic mass is 10.6. The van der Waals surface area contributed by atoms with E-state index in [1.165, 1.54) is 22.3 Å². The van der Waals surface area contributed by atoms with Gasteiger partial charge in [0.05, 0.1) is 12.7 Å². The highest BCUT2D eigenvalue weighted by Gasteiger charge is 2.23. The van der Waals surface area contributed by atoms with E-state index in [2.05, 4.69) is 23.5 Å². The molecule has 0 bridgehead atoms. The SMILES string of the molecule is C(SCC1CO1)SCC1CS1. The van der Waals surface area contributed by atoms with Gasteiger partial charge >= 0.3 is 0 Å². The molecule has 0 saturated carbocycles. The molecule has 0 radical (unpaired) electrons. The molecule has 2 unspecified atom stereocenters. The van der Waals surface area contributed by atoms with Gasteiger partial charge < -0.3 is 4.74 Å². The van der Waals surface area contributed by atoms with Gasteiger partial charge in [-0.2, -0.15) is 11.8 Å². The van der Waals surface area contributed by atoms with Gasteiger partial charge in [0.15, 0.2) is 0 Å². The molecule has 64 valence electrons. The van der Waals surface area contributed by atoms with Crippen molar-refractivity contribution >= 4 is 35.3 Å². The van der Waals surface area contributed by atoms with Crippen LogP contribution in [0, 0.1) is 0 Å². The molecule has 2 saturated heterocycles. The Labute approximate surface area is 80.4 Å². The summed E-state index contributed by atoms with van der Waals surface area (Å²) in [6.07, 6.45) is 0.607. The van der Waals surface area contributed by atoms with Crippen LogP contribution < -0.4 is 0 Å². The maximum absolute atomic E-state index is 5.11. The summed E-state index contributed by atoms with van der Waals surface area (Å²) >= 11 is 6.19. The Kier molecular flexibility index (Phi) is 3.37. The monoisotopic (exact) mass is 208 g/mol. The maximum Gasteiger partial charge on any atom is 0.0900 e. The Balaban J connectivity index is 1.35. The molecule has 1 nitrogen and oxygen atoms in total. The van der Waals surface area contributed by atoms with Crippen LogP contribution in [0.4, 0.5) is 0 Å². The minimum Gasteiger partial charge on any atom is -0.372 e. The van der Waals surface area contributed by atoms with Crippen LogP contribution in [0.5, 0.6) is 0 Å². The standard InChI is InChI=1S/C7H12OS3/c1-6(8-1)2-9-5-10-3-7-4-11-7/h6-7H,1-5H2. The zero-order valence-electron chi connectivity index (χ0n) is 6.32. The zero-order chi connectivity index (χ0) is 7.52. The molecular weight excluding hydrogens is 196 g/mol. The highest BCUT2D eigenvalue weighted by atomic mass is 32.2. The summed E-state index contributed by atoms with van der Waals surface area (Å²) in [7, 11) is 0. The Morgan fingerprint density at radius 1 is 1.36 bits per heavy atom. The van der Waals surface area contributed by atoms with Gasteiger partial charge in [-0.3, -0.25) is 0 Å². The Morgan fingerprint density at radius 2 is 2.09 bits per heavy atom. The van der Waals surface area contributed by atoms with Crippen LogP contribution in [-0.4, -0.2) is 40.3 Å². The third kappa shape index (κ3) is 3.97. The fraction of sp³-hybridized carbons (Fsp3) is 1.00. The van der Waals surface area contributed by atoms with Crippen molar-refractivity contribution < 1.29 is 4.74 Å². The molecule has 0 amide bonds. The highest BCUT2D eigenvalue weighted by Crippen LogP contribution is 2.33. The molecule has 2 atom stereocenters. The third-order valence-electron chi connectivity index (χ3n) is 1.58. The van der Waals surface area contributed by atoms with Crippen molar-refractivity contribution in [2.75, 3.05) is 29.0 Å². The van der Waals surface area contributed by atoms with Crippen LogP contribution in [0.3, 0.4) is 0 Å². The summed E-state index contributed by atoms with van der Waals surface area (Å²) in [5, 5.41) is 2.26. The molecule has 2 aliphatic heterocycles. The topological polar surface area (TPSA) is 12.5 Å². The second-order valence-electron chi connectivity index (χ2n) is 2.77. The molecule has 0 aromatic rings. The molecule has 2 fully saturated rings. The minimum absolute atomic E-state index is 0.607. The first-order valence-corrected chi connectivity index (χ1v) is 7.19. The van der Waals surface area contributed by atoms with Crippen molar-refractivity contribution in [3.63, 3.8) is 0 Å². The summed E-state index contributed by atoms with van der Waals surface area (Å²) in [6.45, 7) is 1.01. The van der Waals surface area contributed by atoms with Gasteiger partial charge in [0, 0.05) is 27.6 Å². The van der Waals surface area contributed by atoms with E-state index < -0.39 is 0 Å². The van der Waals surface area contributed by atoms with Crippen molar-refractivity contribution in [1.82, 2.24) is 0 Å². The van der Waals surface area contributed by atoms with E-state index in [0.717, 1.165) is 11.9 Å². The number of rotatable bonds is 6. The van der Waals surface area contributed by atoms with E-state index in [4.69, 9.17) is 4.74 Å². The normalized spacial score (nSPS) is 33.8. The molecule has 11 heavy (non-hydrogen) atoms. The van der Waals surface area contributed by atoms with Crippen LogP contribution in [0.1, 0.15) is 0 Å². The predicted molar refractivity (Wildman–Crippen MR) is 55.8 cm³/mol. The first kappa shape index (κ1) is 8.60. The summed E-state index contributed by atoms with van der Waals surface area (Å²) in [5.74, 6) is 3.98. The van der Waals surface area contributed by atoms with E-state index >= 15 is 0 Å². The van der Waals surface area contributed by atoms with Gasteiger partial charge in [0.1, 0.15) is 0 Å². The fourth-order valence-corrected chi connectivity index (χ4v) is 3.90. The number of thioether (sulfide) groups is 3. The molecule has 4 heteroatoms. The maximum atomic E-state index is 5.11. The minimum atomic E-state index is 0.607. The van der Waals surface area contributed by atoms with Gasteiger partial charge in [-0.25, -0.2) is 0 Å². The van der Waals surface area contributed by atoms with Crippen molar-refractivity contribution in [3.05, 3.63) is 0 Å². The Hall–Kier alpha value is 1.01.